The zero-order valence-electron chi connectivity index (χ0n) is 29.5. The molecule has 0 atom stereocenters. The van der Waals surface area contributed by atoms with E-state index >= 15 is 0 Å². The number of pyridine rings is 1. The Hall–Kier alpha value is -7.43. The molecule has 0 fully saturated rings. The molecule has 4 heteroatoms. The second-order valence-corrected chi connectivity index (χ2v) is 15.1. The molecule has 0 N–H and O–H groups in total. The van der Waals surface area contributed by atoms with Gasteiger partial charge >= 0.3 is 0 Å². The molecule has 0 unspecified atom stereocenters. The Balaban J connectivity index is 1.11. The van der Waals surface area contributed by atoms with E-state index in [2.05, 4.69) is 183 Å². The Morgan fingerprint density at radius 2 is 0.964 bits per heavy atom. The predicted molar refractivity (Wildman–Crippen MR) is 231 cm³/mol. The molecule has 0 aliphatic rings. The van der Waals surface area contributed by atoms with Crippen LogP contribution < -0.4 is 0 Å². The molecule has 0 aliphatic heterocycles. The maximum absolute atomic E-state index is 5.70. The highest BCUT2D eigenvalue weighted by Gasteiger charge is 2.25. The lowest BCUT2D eigenvalue weighted by atomic mass is 9.99. The number of benzene rings is 8. The fourth-order valence-electron chi connectivity index (χ4n) is 10.3. The lowest BCUT2D eigenvalue weighted by molar-refractivity contribution is 1.18. The Morgan fingerprint density at radius 3 is 1.82 bits per heavy atom. The number of aromatic nitrogens is 4. The lowest BCUT2D eigenvalue weighted by Crippen LogP contribution is -1.93. The highest BCUT2D eigenvalue weighted by atomic mass is 15.0. The molecule has 0 spiro atoms. The van der Waals surface area contributed by atoms with Gasteiger partial charge in [0, 0.05) is 65.1 Å². The van der Waals surface area contributed by atoms with E-state index in [4.69, 9.17) is 4.98 Å². The highest BCUT2D eigenvalue weighted by Crippen LogP contribution is 2.46. The van der Waals surface area contributed by atoms with Crippen molar-refractivity contribution in [2.75, 3.05) is 0 Å². The first-order valence-corrected chi connectivity index (χ1v) is 19.0. The summed E-state index contributed by atoms with van der Waals surface area (Å²) in [6.45, 7) is 0. The first kappa shape index (κ1) is 28.1. The Labute approximate surface area is 313 Å². The van der Waals surface area contributed by atoms with Crippen LogP contribution >= 0.6 is 0 Å². The number of hydrogen-bond acceptors (Lipinski definition) is 1. The van der Waals surface area contributed by atoms with Gasteiger partial charge < -0.3 is 8.97 Å². The number of fused-ring (bicyclic) bond motifs is 17. The Bertz CT molecular complexity index is 3940. The van der Waals surface area contributed by atoms with Crippen molar-refractivity contribution in [1.82, 2.24) is 18.4 Å². The molecule has 0 aliphatic carbocycles. The SMILES string of the molecule is c1ccc(-n2c3ccccc3c3cc(-c4cccc5c6cccc7c8cc9c(nc8n(c45)c76)c4cccc5c6ccc7ccccc7c6n9c54)ccc32)cc1. The van der Waals surface area contributed by atoms with Crippen molar-refractivity contribution in [3.8, 4) is 16.8 Å². The first-order valence-electron chi connectivity index (χ1n) is 19.0. The summed E-state index contributed by atoms with van der Waals surface area (Å²) < 4.78 is 7.34. The highest BCUT2D eigenvalue weighted by molar-refractivity contribution is 6.30. The molecular formula is C51H28N4. The molecule has 252 valence electrons. The Morgan fingerprint density at radius 1 is 0.345 bits per heavy atom. The van der Waals surface area contributed by atoms with Crippen LogP contribution in [0, 0.1) is 0 Å². The smallest absolute Gasteiger partial charge is 0.146 e. The van der Waals surface area contributed by atoms with Crippen LogP contribution in [0.1, 0.15) is 0 Å². The minimum atomic E-state index is 1.01. The average Bonchev–Trinajstić information content (AvgIpc) is 4.03. The van der Waals surface area contributed by atoms with Gasteiger partial charge in [0.1, 0.15) is 5.65 Å². The zero-order valence-corrected chi connectivity index (χ0v) is 29.5. The predicted octanol–water partition coefficient (Wildman–Crippen LogP) is 13.3. The molecule has 14 rings (SSSR count). The lowest BCUT2D eigenvalue weighted by Gasteiger charge is -2.09. The summed E-state index contributed by atoms with van der Waals surface area (Å²) in [4.78, 5) is 5.70. The van der Waals surface area contributed by atoms with E-state index in [0.717, 1.165) is 16.7 Å². The summed E-state index contributed by atoms with van der Waals surface area (Å²) in [6.07, 6.45) is 0. The summed E-state index contributed by atoms with van der Waals surface area (Å²) in [5.74, 6) is 0. The van der Waals surface area contributed by atoms with Gasteiger partial charge in [-0.25, -0.2) is 4.98 Å². The second kappa shape index (κ2) is 9.75. The van der Waals surface area contributed by atoms with Crippen molar-refractivity contribution in [3.05, 3.63) is 170 Å². The van der Waals surface area contributed by atoms with Crippen molar-refractivity contribution in [1.29, 1.82) is 0 Å². The van der Waals surface area contributed by atoms with Crippen LogP contribution in [-0.2, 0) is 0 Å². The number of rotatable bonds is 2. The van der Waals surface area contributed by atoms with Gasteiger partial charge in [0.2, 0.25) is 0 Å². The monoisotopic (exact) mass is 696 g/mol. The van der Waals surface area contributed by atoms with Crippen molar-refractivity contribution >= 4 is 109 Å². The van der Waals surface area contributed by atoms with Gasteiger partial charge in [0.15, 0.2) is 0 Å². The molecule has 0 radical (unpaired) electrons. The maximum atomic E-state index is 5.70. The largest absolute Gasteiger partial charge is 0.309 e. The van der Waals surface area contributed by atoms with Crippen LogP contribution in [0.15, 0.2) is 170 Å². The molecule has 14 aromatic rings. The molecule has 6 aromatic heterocycles. The van der Waals surface area contributed by atoms with Gasteiger partial charge in [-0.3, -0.25) is 4.40 Å². The zero-order chi connectivity index (χ0) is 35.5. The topological polar surface area (TPSA) is 26.6 Å². The summed E-state index contributed by atoms with van der Waals surface area (Å²) >= 11 is 0. The summed E-state index contributed by atoms with van der Waals surface area (Å²) in [6, 6.07) is 62.5. The van der Waals surface area contributed by atoms with E-state index in [1.165, 1.54) is 109 Å². The molecule has 8 aromatic carbocycles. The van der Waals surface area contributed by atoms with Crippen molar-refractivity contribution in [3.63, 3.8) is 0 Å². The van der Waals surface area contributed by atoms with E-state index in [1.54, 1.807) is 0 Å². The average molecular weight is 697 g/mol. The molecule has 0 saturated carbocycles. The summed E-state index contributed by atoms with van der Waals surface area (Å²) in [7, 11) is 0. The Kier molecular flexibility index (Phi) is 4.99. The number of hydrogen-bond donors (Lipinski definition) is 0. The van der Waals surface area contributed by atoms with Crippen LogP contribution in [0.2, 0.25) is 0 Å². The number of para-hydroxylation sites is 5. The summed E-state index contributed by atoms with van der Waals surface area (Å²) in [5, 5.41) is 13.7. The van der Waals surface area contributed by atoms with Crippen LogP contribution in [0.3, 0.4) is 0 Å². The van der Waals surface area contributed by atoms with Crippen molar-refractivity contribution in [2.45, 2.75) is 0 Å². The minimum absolute atomic E-state index is 1.01. The van der Waals surface area contributed by atoms with Crippen molar-refractivity contribution in [2.24, 2.45) is 0 Å². The molecule has 0 saturated heterocycles. The quantitative estimate of drug-likeness (QED) is 0.177. The fraction of sp³-hybridized carbons (Fsp3) is 0. The first-order chi connectivity index (χ1) is 27.3. The standard InChI is InChI=1S/C51H28N4/c1-2-12-31(13-3-1)53-43-22-7-6-15-34(43)41-27-30(24-26-44(41)53)33-16-8-17-35-36-18-9-20-38-42-28-45-46(52-51(42)55(48(33)35)49(36)38)40-21-10-19-37-39-25-23-29-11-4-5-14-32(29)47(39)54(45)50(37)40/h1-28H. The van der Waals surface area contributed by atoms with Gasteiger partial charge in [-0.15, -0.1) is 0 Å². The molecule has 4 nitrogen and oxygen atoms in total. The molecule has 6 heterocycles. The number of nitrogens with zero attached hydrogens (tertiary/aromatic N) is 4. The van der Waals surface area contributed by atoms with Gasteiger partial charge in [0.05, 0.1) is 44.1 Å². The van der Waals surface area contributed by atoms with E-state index in [9.17, 15) is 0 Å². The van der Waals surface area contributed by atoms with Gasteiger partial charge in [-0.05, 0) is 47.3 Å². The molecular weight excluding hydrogens is 669 g/mol. The van der Waals surface area contributed by atoms with Crippen LogP contribution in [0.5, 0.6) is 0 Å². The third-order valence-electron chi connectivity index (χ3n) is 12.5. The fourth-order valence-corrected chi connectivity index (χ4v) is 10.3. The van der Waals surface area contributed by atoms with Gasteiger partial charge in [0.25, 0.3) is 0 Å². The van der Waals surface area contributed by atoms with Crippen LogP contribution in [0.4, 0.5) is 0 Å². The minimum Gasteiger partial charge on any atom is -0.309 e. The van der Waals surface area contributed by atoms with E-state index in [-0.39, 0.29) is 0 Å². The van der Waals surface area contributed by atoms with E-state index in [1.807, 2.05) is 0 Å². The van der Waals surface area contributed by atoms with Crippen LogP contribution in [0.25, 0.3) is 126 Å². The molecule has 55 heavy (non-hydrogen) atoms. The van der Waals surface area contributed by atoms with Crippen LogP contribution in [-0.4, -0.2) is 18.4 Å². The normalized spacial score (nSPS) is 12.7. The van der Waals surface area contributed by atoms with Crippen molar-refractivity contribution < 1.29 is 0 Å². The molecule has 0 amide bonds. The third kappa shape index (κ3) is 3.33. The third-order valence-corrected chi connectivity index (χ3v) is 12.5. The van der Waals surface area contributed by atoms with Gasteiger partial charge in [-0.2, -0.15) is 0 Å². The summed E-state index contributed by atoms with van der Waals surface area (Å²) in [5.41, 5.74) is 14.1. The second-order valence-electron chi connectivity index (χ2n) is 15.1. The van der Waals surface area contributed by atoms with E-state index < -0.39 is 0 Å². The van der Waals surface area contributed by atoms with Gasteiger partial charge in [-0.1, -0.05) is 133 Å². The van der Waals surface area contributed by atoms with E-state index in [0.29, 0.717) is 0 Å². The maximum Gasteiger partial charge on any atom is 0.146 e. The molecule has 0 bridgehead atoms.